The quantitative estimate of drug-likeness (QED) is 0.130. The van der Waals surface area contributed by atoms with E-state index in [0.29, 0.717) is 41.2 Å². The van der Waals surface area contributed by atoms with E-state index >= 15 is 0 Å². The third kappa shape index (κ3) is 21.5. The summed E-state index contributed by atoms with van der Waals surface area (Å²) in [6.07, 6.45) is 4.66. The van der Waals surface area contributed by atoms with Crippen molar-refractivity contribution in [1.29, 1.82) is 10.5 Å². The molecule has 0 saturated carbocycles. The number of nitrogens with zero attached hydrogens (tertiary/aromatic N) is 6. The van der Waals surface area contributed by atoms with Crippen LogP contribution in [0.1, 0.15) is 166 Å². The summed E-state index contributed by atoms with van der Waals surface area (Å²) in [4.78, 5) is 3.25. The van der Waals surface area contributed by atoms with Crippen molar-refractivity contribution in [2.24, 2.45) is 0 Å². The summed E-state index contributed by atoms with van der Waals surface area (Å²) in [6.45, 7) is 58.5. The molecule has 0 aliphatic carbocycles. The van der Waals surface area contributed by atoms with E-state index in [0.717, 1.165) is 25.1 Å². The van der Waals surface area contributed by atoms with Gasteiger partial charge in [-0.1, -0.05) is 0 Å². The van der Waals surface area contributed by atoms with Crippen LogP contribution in [0.4, 0.5) is 0 Å². The van der Waals surface area contributed by atoms with Crippen LogP contribution in [-0.2, 0) is 66.0 Å². The smallest absolute Gasteiger partial charge is 0 e. The SMILES string of the molecule is CC(C)(C)[PH+](Cn1b[n+](C[PH+](C(C)(C)C)C(C)(C)C)c2ccccc21)C(C)(C)C.CC(C)(C)[PH+](Cn1b[n+](C[PH+](C(C)(C)C)C(C)(C)C)c2ccccc21)C(C)(C)C.N#C[Se-].N#C[Se-].[Pd].[Pd]. The molecule has 0 saturated heterocycles. The van der Waals surface area contributed by atoms with Gasteiger partial charge in [0.25, 0.3) is 0 Å². The molecule has 6 nitrogen and oxygen atoms in total. The van der Waals surface area contributed by atoms with Crippen molar-refractivity contribution < 1.29 is 49.8 Å². The van der Waals surface area contributed by atoms with E-state index in [2.05, 4.69) is 279 Å². The van der Waals surface area contributed by atoms with Crippen LogP contribution >= 0.6 is 31.7 Å². The van der Waals surface area contributed by atoms with E-state index in [4.69, 9.17) is 10.5 Å². The van der Waals surface area contributed by atoms with Crippen LogP contribution in [-0.4, -0.2) is 96.6 Å². The van der Waals surface area contributed by atoms with Gasteiger partial charge in [0.15, 0.2) is 0 Å². The van der Waals surface area contributed by atoms with Crippen molar-refractivity contribution >= 4 is 100 Å². The van der Waals surface area contributed by atoms with E-state index in [1.165, 1.54) is 22.1 Å². The third-order valence-corrected chi connectivity index (χ3v) is 29.2. The van der Waals surface area contributed by atoms with Crippen molar-refractivity contribution in [2.45, 2.75) is 233 Å². The Bertz CT molecular complexity index is 1820. The topological polar surface area (TPSA) is 65.2 Å². The molecule has 0 bridgehead atoms. The van der Waals surface area contributed by atoms with Crippen LogP contribution in [0.3, 0.4) is 0 Å². The van der Waals surface area contributed by atoms with Crippen molar-refractivity contribution in [3.8, 4) is 9.94 Å². The van der Waals surface area contributed by atoms with Crippen molar-refractivity contribution in [3.05, 3.63) is 48.5 Å². The molecular weight excluding hydrogens is 1200 g/mol. The summed E-state index contributed by atoms with van der Waals surface area (Å²) in [7, 11) is 2.35. The number of fused-ring (bicyclic) bond motifs is 2. The molecule has 16 heteroatoms. The van der Waals surface area contributed by atoms with Gasteiger partial charge in [0.05, 0.1) is 0 Å². The zero-order valence-electron chi connectivity index (χ0n) is 45.7. The zero-order chi connectivity index (χ0) is 50.2. The van der Waals surface area contributed by atoms with Gasteiger partial charge < -0.3 is 0 Å². The van der Waals surface area contributed by atoms with Gasteiger partial charge in [0, 0.05) is 40.8 Å². The van der Waals surface area contributed by atoms with Crippen LogP contribution in [0.5, 0.6) is 0 Å². The molecule has 2 heterocycles. The minimum atomic E-state index is -0.631. The fourth-order valence-corrected chi connectivity index (χ4v) is 25.2. The minimum Gasteiger partial charge on any atom is 0 e. The summed E-state index contributed by atoms with van der Waals surface area (Å²) in [5.41, 5.74) is 5.58. The summed E-state index contributed by atoms with van der Waals surface area (Å²) in [6, 6.07) is 18.1. The van der Waals surface area contributed by atoms with Gasteiger partial charge in [-0.2, -0.15) is 0 Å². The standard InChI is InChI=1S/2C24H44BN2P2.2CHNSe.2Pd/c2*1-21(2,3)28(22(4,5)6)17-26-19-15-13-14-16-20(19)27(25-26)18-29(23(7,8)9)24(10,11)12;2*2-1-3;;/h2*13-16H,17-18H2,1-12H3;2*3H;;/q2*+1;;;;/p+2. The normalized spacial score (nSPS) is 12.8. The second-order valence-corrected chi connectivity index (χ2v) is 43.7. The predicted molar refractivity (Wildman–Crippen MR) is 301 cm³/mol. The van der Waals surface area contributed by atoms with Crippen LogP contribution in [0.2, 0.25) is 0 Å². The third-order valence-electron chi connectivity index (χ3n) is 12.1. The number of benzene rings is 2. The Morgan fingerprint density at radius 1 is 0.424 bits per heavy atom. The van der Waals surface area contributed by atoms with Gasteiger partial charge in [-0.15, -0.1) is 0 Å². The Labute approximate surface area is 456 Å². The average Bonchev–Trinajstić information content (AvgIpc) is 3.62. The first kappa shape index (κ1) is 68.9. The Balaban J connectivity index is 0. The summed E-state index contributed by atoms with van der Waals surface area (Å²) in [5, 5.41) is 17.5. The average molecular weight is 1290 g/mol. The zero-order valence-corrected chi connectivity index (χ0v) is 56.3. The molecule has 0 unspecified atom stereocenters. The molecule has 4 rings (SSSR count). The number of nitriles is 2. The molecule has 0 amide bonds. The summed E-state index contributed by atoms with van der Waals surface area (Å²) < 4.78 is 10.3. The molecule has 376 valence electrons. The van der Waals surface area contributed by atoms with Crippen molar-refractivity contribution in [2.75, 3.05) is 0 Å². The molecule has 0 aliphatic rings. The second kappa shape index (κ2) is 27.2. The maximum absolute atomic E-state index is 7.26. The van der Waals surface area contributed by atoms with Crippen molar-refractivity contribution in [1.82, 2.24) is 8.95 Å². The molecule has 0 atom stereocenters. The maximum Gasteiger partial charge on any atom is 0 e. The van der Waals surface area contributed by atoms with Gasteiger partial charge in [-0.3, -0.25) is 0 Å². The van der Waals surface area contributed by atoms with Gasteiger partial charge in [0.2, 0.25) is 0 Å². The fraction of sp³-hybridized carbons (Fsp3) is 0.720. The number of aromatic nitrogens is 4. The Morgan fingerprint density at radius 3 is 0.818 bits per heavy atom. The van der Waals surface area contributed by atoms with Crippen LogP contribution in [0.25, 0.3) is 22.1 Å². The first-order chi connectivity index (χ1) is 28.7. The molecule has 0 N–H and O–H groups in total. The van der Waals surface area contributed by atoms with E-state index in [1.54, 1.807) is 9.94 Å². The van der Waals surface area contributed by atoms with Gasteiger partial charge in [0.1, 0.15) is 0 Å². The monoisotopic (exact) mass is 1290 g/mol. The first-order valence-electron chi connectivity index (χ1n) is 23.1. The molecule has 66 heavy (non-hydrogen) atoms. The van der Waals surface area contributed by atoms with Crippen LogP contribution in [0.15, 0.2) is 48.5 Å². The number of hydrogen-bond donors (Lipinski definition) is 0. The first-order valence-corrected chi connectivity index (χ1v) is 31.7. The van der Waals surface area contributed by atoms with Crippen LogP contribution in [0, 0.1) is 20.5 Å². The predicted octanol–water partition coefficient (Wildman–Crippen LogP) is 12.9. The maximum atomic E-state index is 7.26. The molecular formula is C50H92B2N6P4Pd2Se2+4. The fourth-order valence-electron chi connectivity index (χ4n) is 10.1. The summed E-state index contributed by atoms with van der Waals surface area (Å²) >= 11 is 4.22. The molecule has 4 aromatic rings. The molecule has 0 spiro atoms. The van der Waals surface area contributed by atoms with Crippen molar-refractivity contribution in [3.63, 3.8) is 0 Å². The van der Waals surface area contributed by atoms with Gasteiger partial charge in [-0.25, -0.2) is 0 Å². The molecule has 2 aromatic carbocycles. The van der Waals surface area contributed by atoms with E-state index < -0.39 is 31.7 Å². The van der Waals surface area contributed by atoms with E-state index in [-0.39, 0.29) is 40.8 Å². The molecule has 0 aliphatic heterocycles. The second-order valence-electron chi connectivity index (χ2n) is 25.8. The van der Waals surface area contributed by atoms with E-state index in [1.807, 2.05) is 0 Å². The minimum absolute atomic E-state index is 0. The molecule has 2 aromatic heterocycles. The molecule has 0 radical (unpaired) electrons. The largest absolute Gasteiger partial charge is 0 e. The number of para-hydroxylation sites is 4. The Morgan fingerprint density at radius 2 is 0.621 bits per heavy atom. The summed E-state index contributed by atoms with van der Waals surface area (Å²) in [5.74, 6) is 0. The number of hydrogen-bond acceptors (Lipinski definition) is 2. The number of rotatable bonds is 8. The van der Waals surface area contributed by atoms with E-state index in [9.17, 15) is 0 Å². The Hall–Kier alpha value is 0.834. The molecule has 0 fully saturated rings. The van der Waals surface area contributed by atoms with Gasteiger partial charge >= 0.3 is 420 Å². The van der Waals surface area contributed by atoms with Gasteiger partial charge in [-0.05, 0) is 0 Å². The Kier molecular flexibility index (Phi) is 28.4. The van der Waals surface area contributed by atoms with Crippen LogP contribution < -0.4 is 8.95 Å².